The first-order chi connectivity index (χ1) is 8.70. The highest BCUT2D eigenvalue weighted by atomic mass is 35.5. The van der Waals surface area contributed by atoms with Crippen molar-refractivity contribution in [3.63, 3.8) is 0 Å². The van der Waals surface area contributed by atoms with E-state index < -0.39 is 0 Å². The predicted octanol–water partition coefficient (Wildman–Crippen LogP) is 1.84. The first-order valence-electron chi connectivity index (χ1n) is 6.40. The number of nitrogens with zero attached hydrogens (tertiary/aromatic N) is 1. The second kappa shape index (κ2) is 5.31. The molecule has 0 saturated carbocycles. The largest absolute Gasteiger partial charge is 0.312 e. The minimum Gasteiger partial charge on any atom is -0.312 e. The van der Waals surface area contributed by atoms with Crippen LogP contribution in [0.4, 0.5) is 0 Å². The highest BCUT2D eigenvalue weighted by Gasteiger charge is 2.40. The molecule has 2 aliphatic heterocycles. The van der Waals surface area contributed by atoms with Crippen molar-refractivity contribution in [3.8, 4) is 0 Å². The zero-order chi connectivity index (χ0) is 12.7. The lowest BCUT2D eigenvalue weighted by Crippen LogP contribution is -2.48. The topological polar surface area (TPSA) is 49.4 Å². The summed E-state index contributed by atoms with van der Waals surface area (Å²) < 4.78 is 0. The molecule has 2 aliphatic rings. The van der Waals surface area contributed by atoms with Crippen molar-refractivity contribution in [3.05, 3.63) is 35.4 Å². The molecule has 1 saturated heterocycles. The Hall–Kier alpha value is -1.39. The van der Waals surface area contributed by atoms with Crippen LogP contribution in [0.5, 0.6) is 0 Å². The van der Waals surface area contributed by atoms with Crippen LogP contribution in [-0.4, -0.2) is 35.3 Å². The molecule has 2 unspecified atom stereocenters. The normalized spacial score (nSPS) is 23.2. The van der Waals surface area contributed by atoms with Gasteiger partial charge in [-0.3, -0.25) is 14.5 Å². The number of fused-ring (bicyclic) bond motifs is 1. The van der Waals surface area contributed by atoms with E-state index in [9.17, 15) is 9.59 Å². The third-order valence-electron chi connectivity index (χ3n) is 3.91. The molecular formula is C14H17ClN2O2. The van der Waals surface area contributed by atoms with Gasteiger partial charge < -0.3 is 5.32 Å². The maximum atomic E-state index is 12.3. The van der Waals surface area contributed by atoms with Gasteiger partial charge in [0.2, 0.25) is 0 Å². The number of carbonyl (C=O) groups is 2. The van der Waals surface area contributed by atoms with Crippen molar-refractivity contribution in [1.29, 1.82) is 0 Å². The smallest absolute Gasteiger partial charge is 0.261 e. The molecule has 1 N–H and O–H groups in total. The highest BCUT2D eigenvalue weighted by Crippen LogP contribution is 2.26. The summed E-state index contributed by atoms with van der Waals surface area (Å²) in [5, 5.41) is 3.36. The SMILES string of the molecule is CC(C1CCCN1)N1C(=O)c2ccccc2C1=O.Cl. The minimum absolute atomic E-state index is 0. The fourth-order valence-electron chi connectivity index (χ4n) is 2.88. The minimum atomic E-state index is -0.156. The van der Waals surface area contributed by atoms with Gasteiger partial charge in [0.15, 0.2) is 0 Å². The molecule has 1 aromatic carbocycles. The van der Waals surface area contributed by atoms with E-state index in [2.05, 4.69) is 5.32 Å². The lowest BCUT2D eigenvalue weighted by molar-refractivity contribution is 0.0569. The van der Waals surface area contributed by atoms with Crippen LogP contribution < -0.4 is 5.32 Å². The Morgan fingerprint density at radius 3 is 2.26 bits per heavy atom. The van der Waals surface area contributed by atoms with Crippen molar-refractivity contribution in [2.45, 2.75) is 31.8 Å². The molecule has 0 aromatic heterocycles. The van der Waals surface area contributed by atoms with Crippen molar-refractivity contribution >= 4 is 24.2 Å². The highest BCUT2D eigenvalue weighted by molar-refractivity contribution is 6.21. The molecule has 1 aromatic rings. The Morgan fingerprint density at radius 2 is 1.79 bits per heavy atom. The average Bonchev–Trinajstić information content (AvgIpc) is 2.99. The summed E-state index contributed by atoms with van der Waals surface area (Å²) in [6.45, 7) is 2.92. The Balaban J connectivity index is 0.00000133. The maximum absolute atomic E-state index is 12.3. The van der Waals surface area contributed by atoms with Gasteiger partial charge in [-0.1, -0.05) is 12.1 Å². The summed E-state index contributed by atoms with van der Waals surface area (Å²) in [6, 6.07) is 7.19. The molecular weight excluding hydrogens is 264 g/mol. The lowest BCUT2D eigenvalue weighted by atomic mass is 10.1. The number of hydrogen-bond acceptors (Lipinski definition) is 3. The van der Waals surface area contributed by atoms with E-state index in [4.69, 9.17) is 0 Å². The van der Waals surface area contributed by atoms with E-state index >= 15 is 0 Å². The number of rotatable bonds is 2. The molecule has 2 amide bonds. The Morgan fingerprint density at radius 1 is 1.21 bits per heavy atom. The number of imide groups is 1. The van der Waals surface area contributed by atoms with Gasteiger partial charge in [0.1, 0.15) is 0 Å². The molecule has 1 fully saturated rings. The zero-order valence-electron chi connectivity index (χ0n) is 10.8. The summed E-state index contributed by atoms with van der Waals surface area (Å²) in [5.41, 5.74) is 1.07. The third-order valence-corrected chi connectivity index (χ3v) is 3.91. The molecule has 0 spiro atoms. The first-order valence-corrected chi connectivity index (χ1v) is 6.40. The zero-order valence-corrected chi connectivity index (χ0v) is 11.6. The number of hydrogen-bond donors (Lipinski definition) is 1. The fourth-order valence-corrected chi connectivity index (χ4v) is 2.88. The number of carbonyl (C=O) groups excluding carboxylic acids is 2. The Bertz CT molecular complexity index is 477. The van der Waals surface area contributed by atoms with Crippen LogP contribution in [0.1, 0.15) is 40.5 Å². The molecule has 2 atom stereocenters. The predicted molar refractivity (Wildman–Crippen MR) is 74.7 cm³/mol. The number of nitrogens with one attached hydrogen (secondary N) is 1. The van der Waals surface area contributed by atoms with Crippen molar-refractivity contribution in [1.82, 2.24) is 10.2 Å². The molecule has 0 aliphatic carbocycles. The van der Waals surface area contributed by atoms with Crippen molar-refractivity contribution in [2.75, 3.05) is 6.54 Å². The standard InChI is InChI=1S/C14H16N2O2.ClH/c1-9(12-7-4-8-15-12)16-13(17)10-5-2-3-6-11(10)14(16)18;/h2-3,5-6,9,12,15H,4,7-8H2,1H3;1H. The van der Waals surface area contributed by atoms with Gasteiger partial charge in [-0.15, -0.1) is 12.4 Å². The van der Waals surface area contributed by atoms with E-state index in [1.807, 2.05) is 6.92 Å². The van der Waals surface area contributed by atoms with E-state index in [0.717, 1.165) is 19.4 Å². The van der Waals surface area contributed by atoms with Crippen LogP contribution in [0.25, 0.3) is 0 Å². The summed E-state index contributed by atoms with van der Waals surface area (Å²) in [6.07, 6.45) is 2.13. The number of amides is 2. The fraction of sp³-hybridized carbons (Fsp3) is 0.429. The molecule has 19 heavy (non-hydrogen) atoms. The van der Waals surface area contributed by atoms with Gasteiger partial charge in [-0.25, -0.2) is 0 Å². The third kappa shape index (κ3) is 2.15. The monoisotopic (exact) mass is 280 g/mol. The quantitative estimate of drug-likeness (QED) is 0.841. The van der Waals surface area contributed by atoms with Crippen LogP contribution >= 0.6 is 12.4 Å². The first kappa shape index (κ1) is 14.0. The molecule has 0 radical (unpaired) electrons. The van der Waals surface area contributed by atoms with Gasteiger partial charge in [0.05, 0.1) is 17.2 Å². The van der Waals surface area contributed by atoms with Gasteiger partial charge in [0, 0.05) is 6.04 Å². The van der Waals surface area contributed by atoms with E-state index in [-0.39, 0.29) is 36.3 Å². The van der Waals surface area contributed by atoms with Crippen LogP contribution in [0, 0.1) is 0 Å². The van der Waals surface area contributed by atoms with Gasteiger partial charge >= 0.3 is 0 Å². The molecule has 2 heterocycles. The van der Waals surface area contributed by atoms with E-state index in [1.165, 1.54) is 4.90 Å². The van der Waals surface area contributed by atoms with Crippen LogP contribution in [0.15, 0.2) is 24.3 Å². The second-order valence-electron chi connectivity index (χ2n) is 4.97. The van der Waals surface area contributed by atoms with Gasteiger partial charge in [0.25, 0.3) is 11.8 Å². The molecule has 0 bridgehead atoms. The molecule has 5 heteroatoms. The summed E-state index contributed by atoms with van der Waals surface area (Å²) >= 11 is 0. The van der Waals surface area contributed by atoms with Crippen LogP contribution in [0.2, 0.25) is 0 Å². The molecule has 102 valence electrons. The number of halogens is 1. The summed E-state index contributed by atoms with van der Waals surface area (Å²) in [7, 11) is 0. The number of benzene rings is 1. The Kier molecular flexibility index (Phi) is 3.92. The van der Waals surface area contributed by atoms with Crippen LogP contribution in [0.3, 0.4) is 0 Å². The van der Waals surface area contributed by atoms with E-state index in [0.29, 0.717) is 11.1 Å². The lowest BCUT2D eigenvalue weighted by Gasteiger charge is -2.27. The summed E-state index contributed by atoms with van der Waals surface area (Å²) in [4.78, 5) is 26.0. The van der Waals surface area contributed by atoms with Gasteiger partial charge in [-0.05, 0) is 38.4 Å². The molecule has 3 rings (SSSR count). The van der Waals surface area contributed by atoms with Crippen molar-refractivity contribution < 1.29 is 9.59 Å². The second-order valence-corrected chi connectivity index (χ2v) is 4.97. The van der Waals surface area contributed by atoms with Crippen LogP contribution in [-0.2, 0) is 0 Å². The van der Waals surface area contributed by atoms with Crippen molar-refractivity contribution in [2.24, 2.45) is 0 Å². The maximum Gasteiger partial charge on any atom is 0.261 e. The molecule has 4 nitrogen and oxygen atoms in total. The Labute approximate surface area is 118 Å². The van der Waals surface area contributed by atoms with Gasteiger partial charge in [-0.2, -0.15) is 0 Å². The van der Waals surface area contributed by atoms with E-state index in [1.54, 1.807) is 24.3 Å². The summed E-state index contributed by atoms with van der Waals surface area (Å²) in [5.74, 6) is -0.311. The average molecular weight is 281 g/mol.